The van der Waals surface area contributed by atoms with Crippen molar-refractivity contribution in [2.75, 3.05) is 4.90 Å². The van der Waals surface area contributed by atoms with Gasteiger partial charge in [0.2, 0.25) is 5.95 Å². The van der Waals surface area contributed by atoms with Gasteiger partial charge in [0.1, 0.15) is 0 Å². The lowest BCUT2D eigenvalue weighted by atomic mass is 9.84. The number of hydrogen-bond acceptors (Lipinski definition) is 4. The summed E-state index contributed by atoms with van der Waals surface area (Å²) in [5, 5.41) is 3.53. The van der Waals surface area contributed by atoms with Gasteiger partial charge < -0.3 is 4.90 Å². The fourth-order valence-electron chi connectivity index (χ4n) is 8.71. The van der Waals surface area contributed by atoms with Gasteiger partial charge in [-0.15, -0.1) is 0 Å². The summed E-state index contributed by atoms with van der Waals surface area (Å²) in [5.41, 5.74) is 12.8. The number of rotatable bonds is 4. The van der Waals surface area contributed by atoms with Crippen LogP contribution >= 0.6 is 11.8 Å². The summed E-state index contributed by atoms with van der Waals surface area (Å²) in [6, 6.07) is 67.8. The lowest BCUT2D eigenvalue weighted by Crippen LogP contribution is -2.25. The Morgan fingerprint density at radius 3 is 1.87 bits per heavy atom. The average molecular weight is 708 g/mol. The van der Waals surface area contributed by atoms with Crippen LogP contribution < -0.4 is 4.90 Å². The zero-order valence-electron chi connectivity index (χ0n) is 29.3. The van der Waals surface area contributed by atoms with E-state index in [0.29, 0.717) is 5.95 Å². The molecule has 254 valence electrons. The van der Waals surface area contributed by atoms with Crippen LogP contribution in [0.5, 0.6) is 0 Å². The zero-order valence-corrected chi connectivity index (χ0v) is 30.1. The van der Waals surface area contributed by atoms with Gasteiger partial charge in [-0.1, -0.05) is 182 Å². The Labute approximate surface area is 318 Å². The number of fused-ring (bicyclic) bond motifs is 9. The maximum absolute atomic E-state index is 5.60. The summed E-state index contributed by atoms with van der Waals surface area (Å²) >= 11 is 1.87. The van der Waals surface area contributed by atoms with Crippen LogP contribution in [-0.4, -0.2) is 9.97 Å². The largest absolute Gasteiger partial charge is 0.301 e. The topological polar surface area (TPSA) is 29.0 Å². The van der Waals surface area contributed by atoms with Crippen LogP contribution in [0.1, 0.15) is 28.7 Å². The molecule has 9 aromatic rings. The lowest BCUT2D eigenvalue weighted by Gasteiger charge is -2.31. The molecule has 0 N–H and O–H groups in total. The summed E-state index contributed by atoms with van der Waals surface area (Å²) in [6.45, 7) is 0. The Hall–Kier alpha value is -6.49. The number of para-hydroxylation sites is 2. The molecule has 0 bridgehead atoms. The molecule has 3 nitrogen and oxygen atoms in total. The normalized spacial score (nSPS) is 15.7. The van der Waals surface area contributed by atoms with Crippen molar-refractivity contribution in [3.63, 3.8) is 0 Å². The molecule has 2 aliphatic heterocycles. The molecule has 4 heteroatoms. The highest BCUT2D eigenvalue weighted by Crippen LogP contribution is 2.61. The Bertz CT molecular complexity index is 2880. The van der Waals surface area contributed by atoms with Crippen molar-refractivity contribution in [3.05, 3.63) is 205 Å². The molecule has 0 spiro atoms. The van der Waals surface area contributed by atoms with Gasteiger partial charge in [0.25, 0.3) is 0 Å². The van der Waals surface area contributed by atoms with Gasteiger partial charge in [0.05, 0.1) is 22.9 Å². The molecule has 8 aromatic carbocycles. The van der Waals surface area contributed by atoms with Crippen LogP contribution in [0.4, 0.5) is 11.6 Å². The minimum absolute atomic E-state index is 0.0556. The highest BCUT2D eigenvalue weighted by atomic mass is 32.2. The second-order valence-electron chi connectivity index (χ2n) is 14.1. The van der Waals surface area contributed by atoms with Crippen LogP contribution in [-0.2, 0) is 0 Å². The molecule has 3 heterocycles. The standard InChI is InChI=1S/C50H33N3S/c1-2-14-33(15-3-1)38-23-13-24-42-46-40-20-7-10-26-44(40)54-45-27-11-8-21-41(45)49(46)53(48(38)42)50-51-43-25-9-6-19-39(43)47(52-50)35-30-28-34(29-31-35)37-22-12-17-32-16-4-5-18-36(32)37/h1-31,46,49H. The van der Waals surface area contributed by atoms with Crippen LogP contribution in [0.25, 0.3) is 55.2 Å². The Balaban J connectivity index is 1.15. The number of nitrogens with zero attached hydrogens (tertiary/aromatic N) is 3. The van der Waals surface area contributed by atoms with E-state index in [1.54, 1.807) is 0 Å². The predicted octanol–water partition coefficient (Wildman–Crippen LogP) is 13.3. The first-order chi connectivity index (χ1) is 26.8. The van der Waals surface area contributed by atoms with Gasteiger partial charge in [-0.05, 0) is 62.4 Å². The van der Waals surface area contributed by atoms with E-state index in [9.17, 15) is 0 Å². The Morgan fingerprint density at radius 1 is 0.426 bits per heavy atom. The van der Waals surface area contributed by atoms with Crippen molar-refractivity contribution in [1.82, 2.24) is 9.97 Å². The van der Waals surface area contributed by atoms with Crippen molar-refractivity contribution in [2.45, 2.75) is 21.8 Å². The van der Waals surface area contributed by atoms with E-state index in [4.69, 9.17) is 9.97 Å². The van der Waals surface area contributed by atoms with E-state index in [1.807, 2.05) is 11.8 Å². The second kappa shape index (κ2) is 12.6. The second-order valence-corrected chi connectivity index (χ2v) is 15.2. The van der Waals surface area contributed by atoms with Gasteiger partial charge in [-0.3, -0.25) is 0 Å². The highest BCUT2D eigenvalue weighted by Gasteiger charge is 2.46. The molecule has 11 rings (SSSR count). The van der Waals surface area contributed by atoms with E-state index >= 15 is 0 Å². The monoisotopic (exact) mass is 707 g/mol. The SMILES string of the molecule is c1ccc(-c2cccc3c2N(c2nc(-c4ccc(-c5cccc6ccccc56)cc4)c4ccccc4n2)C2c4ccccc4Sc4ccccc4C32)cc1. The Kier molecular flexibility index (Phi) is 7.24. The smallest absolute Gasteiger partial charge is 0.231 e. The molecule has 0 saturated carbocycles. The fourth-order valence-corrected chi connectivity index (χ4v) is 9.86. The molecule has 0 saturated heterocycles. The molecule has 54 heavy (non-hydrogen) atoms. The maximum Gasteiger partial charge on any atom is 0.231 e. The summed E-state index contributed by atoms with van der Waals surface area (Å²) in [4.78, 5) is 16.1. The summed E-state index contributed by atoms with van der Waals surface area (Å²) in [6.07, 6.45) is 0. The van der Waals surface area contributed by atoms with Gasteiger partial charge in [0.15, 0.2) is 0 Å². The number of aromatic nitrogens is 2. The molecule has 0 fully saturated rings. The van der Waals surface area contributed by atoms with Gasteiger partial charge in [-0.25, -0.2) is 9.97 Å². The summed E-state index contributed by atoms with van der Waals surface area (Å²) in [7, 11) is 0. The molecule has 2 aliphatic rings. The number of anilines is 2. The van der Waals surface area contributed by atoms with Crippen LogP contribution in [0.3, 0.4) is 0 Å². The number of hydrogen-bond donors (Lipinski definition) is 0. The van der Waals surface area contributed by atoms with Crippen molar-refractivity contribution >= 4 is 45.1 Å². The summed E-state index contributed by atoms with van der Waals surface area (Å²) < 4.78 is 0. The molecule has 2 atom stereocenters. The molecule has 0 radical (unpaired) electrons. The fraction of sp³-hybridized carbons (Fsp3) is 0.0400. The van der Waals surface area contributed by atoms with Crippen molar-refractivity contribution < 1.29 is 0 Å². The lowest BCUT2D eigenvalue weighted by molar-refractivity contribution is 0.635. The van der Waals surface area contributed by atoms with E-state index in [2.05, 4.69) is 193 Å². The third-order valence-corrected chi connectivity index (χ3v) is 12.3. The van der Waals surface area contributed by atoms with Crippen molar-refractivity contribution in [2.24, 2.45) is 0 Å². The van der Waals surface area contributed by atoms with Crippen LogP contribution in [0.2, 0.25) is 0 Å². The number of benzene rings is 8. The minimum atomic E-state index is -0.0556. The molecule has 2 unspecified atom stereocenters. The quantitative estimate of drug-likeness (QED) is 0.182. The molecule has 0 amide bonds. The van der Waals surface area contributed by atoms with Crippen LogP contribution in [0.15, 0.2) is 198 Å². The first kappa shape index (κ1) is 31.1. The first-order valence-corrected chi connectivity index (χ1v) is 19.3. The average Bonchev–Trinajstić information content (AvgIpc) is 3.51. The summed E-state index contributed by atoms with van der Waals surface area (Å²) in [5.74, 6) is 0.785. The van der Waals surface area contributed by atoms with E-state index in [-0.39, 0.29) is 12.0 Å². The molecule has 1 aromatic heterocycles. The first-order valence-electron chi connectivity index (χ1n) is 18.5. The maximum atomic E-state index is 5.60. The predicted molar refractivity (Wildman–Crippen MR) is 224 cm³/mol. The Morgan fingerprint density at radius 2 is 1.02 bits per heavy atom. The third-order valence-electron chi connectivity index (χ3n) is 11.1. The zero-order chi connectivity index (χ0) is 35.6. The third kappa shape index (κ3) is 4.91. The van der Waals surface area contributed by atoms with Crippen LogP contribution in [0, 0.1) is 0 Å². The van der Waals surface area contributed by atoms with Gasteiger partial charge in [0, 0.05) is 32.2 Å². The van der Waals surface area contributed by atoms with Crippen molar-refractivity contribution in [1.29, 1.82) is 0 Å². The van der Waals surface area contributed by atoms with E-state index in [0.717, 1.165) is 22.2 Å². The van der Waals surface area contributed by atoms with Gasteiger partial charge in [-0.2, -0.15) is 0 Å². The highest BCUT2D eigenvalue weighted by molar-refractivity contribution is 7.99. The molecule has 0 aliphatic carbocycles. The van der Waals surface area contributed by atoms with Gasteiger partial charge >= 0.3 is 0 Å². The van der Waals surface area contributed by atoms with Crippen molar-refractivity contribution in [3.8, 4) is 33.5 Å². The molecular formula is C50H33N3S. The minimum Gasteiger partial charge on any atom is -0.301 e. The molecular weight excluding hydrogens is 675 g/mol. The van der Waals surface area contributed by atoms with E-state index in [1.165, 1.54) is 65.2 Å². The van der Waals surface area contributed by atoms with E-state index < -0.39 is 0 Å².